The first-order valence-corrected chi connectivity index (χ1v) is 8.75. The van der Waals surface area contributed by atoms with Gasteiger partial charge in [-0.25, -0.2) is 0 Å². The molecule has 23 heavy (non-hydrogen) atoms. The molecule has 122 valence electrons. The van der Waals surface area contributed by atoms with E-state index in [4.69, 9.17) is 28.5 Å². The average molecular weight is 352 g/mol. The van der Waals surface area contributed by atoms with Gasteiger partial charge in [0.1, 0.15) is 0 Å². The first kappa shape index (κ1) is 16.4. The maximum absolute atomic E-state index is 12.1. The number of hydrogen-bond acceptors (Lipinski definition) is 3. The third-order valence-corrected chi connectivity index (χ3v) is 5.46. The molecule has 0 aromatic heterocycles. The van der Waals surface area contributed by atoms with Crippen LogP contribution < -0.4 is 5.32 Å². The van der Waals surface area contributed by atoms with E-state index in [0.717, 1.165) is 37.7 Å². The van der Waals surface area contributed by atoms with E-state index in [1.165, 1.54) is 0 Å². The summed E-state index contributed by atoms with van der Waals surface area (Å²) in [5.74, 6) is 0.0543. The Morgan fingerprint density at radius 3 is 2.96 bits per heavy atom. The zero-order chi connectivity index (χ0) is 16.4. The standard InChI is InChI=1S/C17H19Cl2N3O/c18-12-4-6-14(19)11(8-12)2-1-3-17(23)21-15-9-13-5-7-16(15)22(13)10-20/h4,6,8,13,15-16H,1-3,5,7,9H2,(H,21,23)/t13-,15+,16+/m0/s1. The van der Waals surface area contributed by atoms with E-state index < -0.39 is 0 Å². The maximum atomic E-state index is 12.1. The minimum absolute atomic E-state index is 0.0543. The molecule has 0 spiro atoms. The van der Waals surface area contributed by atoms with Crippen molar-refractivity contribution in [3.8, 4) is 6.19 Å². The third kappa shape index (κ3) is 3.57. The zero-order valence-electron chi connectivity index (χ0n) is 12.8. The Morgan fingerprint density at radius 2 is 2.22 bits per heavy atom. The molecule has 0 unspecified atom stereocenters. The molecule has 3 rings (SSSR count). The van der Waals surface area contributed by atoms with Crippen molar-refractivity contribution in [1.82, 2.24) is 10.2 Å². The van der Waals surface area contributed by atoms with Gasteiger partial charge in [0.05, 0.1) is 12.1 Å². The average Bonchev–Trinajstić information content (AvgIpc) is 3.07. The molecule has 2 bridgehead atoms. The van der Waals surface area contributed by atoms with Gasteiger partial charge in [0, 0.05) is 22.5 Å². The summed E-state index contributed by atoms with van der Waals surface area (Å²) in [6.07, 6.45) is 7.14. The number of benzene rings is 1. The van der Waals surface area contributed by atoms with Crippen molar-refractivity contribution < 1.29 is 4.79 Å². The first-order valence-electron chi connectivity index (χ1n) is 8.00. The molecule has 2 heterocycles. The van der Waals surface area contributed by atoms with Crippen LogP contribution in [0.4, 0.5) is 0 Å². The van der Waals surface area contributed by atoms with Crippen molar-refractivity contribution in [2.24, 2.45) is 0 Å². The second kappa shape index (κ2) is 6.98. The van der Waals surface area contributed by atoms with E-state index in [0.29, 0.717) is 22.5 Å². The molecule has 0 aliphatic carbocycles. The van der Waals surface area contributed by atoms with E-state index in [9.17, 15) is 4.79 Å². The number of nitrogens with one attached hydrogen (secondary N) is 1. The summed E-state index contributed by atoms with van der Waals surface area (Å²) in [5, 5.41) is 13.6. The highest BCUT2D eigenvalue weighted by Gasteiger charge is 2.46. The molecular formula is C17H19Cl2N3O. The molecule has 4 nitrogen and oxygen atoms in total. The quantitative estimate of drug-likeness (QED) is 0.825. The lowest BCUT2D eigenvalue weighted by Gasteiger charge is -2.21. The van der Waals surface area contributed by atoms with E-state index >= 15 is 0 Å². The lowest BCUT2D eigenvalue weighted by Crippen LogP contribution is -2.43. The highest BCUT2D eigenvalue weighted by Crippen LogP contribution is 2.37. The monoisotopic (exact) mass is 351 g/mol. The number of aryl methyl sites for hydroxylation is 1. The van der Waals surface area contributed by atoms with Gasteiger partial charge < -0.3 is 10.2 Å². The summed E-state index contributed by atoms with van der Waals surface area (Å²) < 4.78 is 0. The molecule has 3 atom stereocenters. The van der Waals surface area contributed by atoms with Crippen molar-refractivity contribution in [1.29, 1.82) is 5.26 Å². The van der Waals surface area contributed by atoms with Gasteiger partial charge in [0.2, 0.25) is 5.91 Å². The maximum Gasteiger partial charge on any atom is 0.220 e. The molecule has 2 saturated heterocycles. The molecule has 0 radical (unpaired) electrons. The van der Waals surface area contributed by atoms with Crippen LogP contribution in [0.25, 0.3) is 0 Å². The van der Waals surface area contributed by atoms with Gasteiger partial charge in [-0.2, -0.15) is 5.26 Å². The Balaban J connectivity index is 1.46. The van der Waals surface area contributed by atoms with Crippen LogP contribution in [0.5, 0.6) is 0 Å². The molecule has 1 aromatic carbocycles. The number of fused-ring (bicyclic) bond motifs is 2. The van der Waals surface area contributed by atoms with Crippen LogP contribution in [-0.2, 0) is 11.2 Å². The fourth-order valence-corrected chi connectivity index (χ4v) is 4.16. The van der Waals surface area contributed by atoms with Crippen molar-refractivity contribution >= 4 is 29.1 Å². The number of halogens is 2. The minimum atomic E-state index is 0.0543. The van der Waals surface area contributed by atoms with Gasteiger partial charge in [0.15, 0.2) is 6.19 Å². The molecular weight excluding hydrogens is 333 g/mol. The first-order chi connectivity index (χ1) is 11.1. The second-order valence-corrected chi connectivity index (χ2v) is 7.15. The fraction of sp³-hybridized carbons (Fsp3) is 0.529. The number of carbonyl (C=O) groups is 1. The fourth-order valence-electron chi connectivity index (χ4n) is 3.75. The Bertz CT molecular complexity index is 643. The molecule has 0 saturated carbocycles. The van der Waals surface area contributed by atoms with Crippen molar-refractivity contribution in [2.45, 2.75) is 56.7 Å². The lowest BCUT2D eigenvalue weighted by atomic mass is 9.95. The minimum Gasteiger partial charge on any atom is -0.351 e. The highest BCUT2D eigenvalue weighted by molar-refractivity contribution is 6.33. The SMILES string of the molecule is N#CN1[C@H]2CC[C@@H]1[C@H](NC(=O)CCCc1cc(Cl)ccc1Cl)C2. The number of hydrogen-bond donors (Lipinski definition) is 1. The van der Waals surface area contributed by atoms with Crippen molar-refractivity contribution in [3.63, 3.8) is 0 Å². The molecule has 1 amide bonds. The van der Waals surface area contributed by atoms with Gasteiger partial charge in [-0.3, -0.25) is 4.79 Å². The largest absolute Gasteiger partial charge is 0.351 e. The molecule has 2 fully saturated rings. The number of nitriles is 1. The second-order valence-electron chi connectivity index (χ2n) is 6.30. The summed E-state index contributed by atoms with van der Waals surface area (Å²) in [6.45, 7) is 0. The van der Waals surface area contributed by atoms with Crippen LogP contribution in [0.1, 0.15) is 37.7 Å². The lowest BCUT2D eigenvalue weighted by molar-refractivity contribution is -0.122. The molecule has 2 aliphatic heterocycles. The van der Waals surface area contributed by atoms with Crippen LogP contribution in [0, 0.1) is 11.5 Å². The topological polar surface area (TPSA) is 56.1 Å². The molecule has 1 aromatic rings. The van der Waals surface area contributed by atoms with Gasteiger partial charge in [-0.1, -0.05) is 23.2 Å². The normalized spacial score (nSPS) is 25.4. The molecule has 2 aliphatic rings. The van der Waals surface area contributed by atoms with Gasteiger partial charge >= 0.3 is 0 Å². The predicted octanol–water partition coefficient (Wildman–Crippen LogP) is 3.52. The molecule has 1 N–H and O–H groups in total. The van der Waals surface area contributed by atoms with Gasteiger partial charge in [0.25, 0.3) is 0 Å². The van der Waals surface area contributed by atoms with E-state index in [2.05, 4.69) is 11.5 Å². The zero-order valence-corrected chi connectivity index (χ0v) is 14.3. The summed E-state index contributed by atoms with van der Waals surface area (Å²) in [6, 6.07) is 6.02. The number of carbonyl (C=O) groups excluding carboxylic acids is 1. The van der Waals surface area contributed by atoms with Gasteiger partial charge in [-0.05, 0) is 55.9 Å². The summed E-state index contributed by atoms with van der Waals surface area (Å²) in [4.78, 5) is 14.0. The van der Waals surface area contributed by atoms with Crippen molar-refractivity contribution in [3.05, 3.63) is 33.8 Å². The Kier molecular flexibility index (Phi) is 4.99. The number of amides is 1. The summed E-state index contributed by atoms with van der Waals surface area (Å²) in [7, 11) is 0. The Hall–Kier alpha value is -1.44. The van der Waals surface area contributed by atoms with E-state index in [1.54, 1.807) is 12.1 Å². The number of nitrogens with zero attached hydrogens (tertiary/aromatic N) is 2. The van der Waals surface area contributed by atoms with E-state index in [1.807, 2.05) is 11.0 Å². The summed E-state index contributed by atoms with van der Waals surface area (Å²) >= 11 is 12.1. The van der Waals surface area contributed by atoms with Crippen LogP contribution in [0.3, 0.4) is 0 Å². The van der Waals surface area contributed by atoms with Gasteiger partial charge in [-0.15, -0.1) is 0 Å². The highest BCUT2D eigenvalue weighted by atomic mass is 35.5. The Morgan fingerprint density at radius 1 is 1.39 bits per heavy atom. The Labute approximate surface area is 146 Å². The van der Waals surface area contributed by atoms with Crippen LogP contribution in [0.2, 0.25) is 10.0 Å². The smallest absolute Gasteiger partial charge is 0.220 e. The van der Waals surface area contributed by atoms with Crippen LogP contribution >= 0.6 is 23.2 Å². The van der Waals surface area contributed by atoms with Crippen LogP contribution in [0.15, 0.2) is 18.2 Å². The third-order valence-electron chi connectivity index (χ3n) is 4.86. The van der Waals surface area contributed by atoms with Crippen LogP contribution in [-0.4, -0.2) is 28.9 Å². The molecule has 6 heteroatoms. The predicted molar refractivity (Wildman–Crippen MR) is 90.2 cm³/mol. The number of rotatable bonds is 5. The van der Waals surface area contributed by atoms with E-state index in [-0.39, 0.29) is 18.0 Å². The van der Waals surface area contributed by atoms with Crippen molar-refractivity contribution in [2.75, 3.05) is 0 Å². The summed E-state index contributed by atoms with van der Waals surface area (Å²) in [5.41, 5.74) is 0.975.